The van der Waals surface area contributed by atoms with Crippen molar-refractivity contribution in [3.63, 3.8) is 0 Å². The van der Waals surface area contributed by atoms with Crippen LogP contribution in [0.15, 0.2) is 0 Å². The fourth-order valence-corrected chi connectivity index (χ4v) is 1.76. The van der Waals surface area contributed by atoms with Gasteiger partial charge in [-0.05, 0) is 13.3 Å². The number of anilines is 2. The average molecular weight is 358 g/mol. The molecule has 132 valence electrons. The molecular weight excluding hydrogens is 338 g/mol. The second-order valence-electron chi connectivity index (χ2n) is 4.55. The lowest BCUT2D eigenvalue weighted by Crippen LogP contribution is -2.43. The van der Waals surface area contributed by atoms with Crippen molar-refractivity contribution in [3.8, 4) is 0 Å². The molecule has 0 aliphatic carbocycles. The van der Waals surface area contributed by atoms with E-state index in [0.29, 0.717) is 6.54 Å². The van der Waals surface area contributed by atoms with Gasteiger partial charge in [0.15, 0.2) is 22.5 Å². The quantitative estimate of drug-likeness (QED) is 0.292. The van der Waals surface area contributed by atoms with Crippen LogP contribution in [0.4, 0.5) is 16.4 Å². The Morgan fingerprint density at radius 3 is 2.62 bits per heavy atom. The Morgan fingerprint density at radius 2 is 2.00 bits per heavy atom. The first-order valence-electron chi connectivity index (χ1n) is 7.29. The number of unbranched alkanes of at least 4 members (excludes halogenated alkanes) is 1. The van der Waals surface area contributed by atoms with Gasteiger partial charge in [0.1, 0.15) is 0 Å². The molecule has 0 saturated carbocycles. The number of nitrogens with two attached hydrogens (primary N) is 1. The van der Waals surface area contributed by atoms with Crippen molar-refractivity contribution < 1.29 is 14.3 Å². The fraction of sp³-hybridized carbons (Fsp3) is 0.462. The molecule has 1 heterocycles. The molecule has 0 aromatic carbocycles. The number of nitrogen functional groups attached to an aromatic ring is 1. The Hall–Kier alpha value is -2.62. The highest BCUT2D eigenvalue weighted by Crippen LogP contribution is 2.20. The molecule has 1 aromatic rings. The van der Waals surface area contributed by atoms with Gasteiger partial charge < -0.3 is 15.8 Å². The van der Waals surface area contributed by atoms with Gasteiger partial charge >= 0.3 is 6.09 Å². The maximum absolute atomic E-state index is 12.0. The van der Waals surface area contributed by atoms with Crippen LogP contribution in [-0.2, 0) is 4.74 Å². The number of hydrogen-bond donors (Lipinski definition) is 5. The summed E-state index contributed by atoms with van der Waals surface area (Å²) in [6, 6.07) is 0. The third-order valence-corrected chi connectivity index (χ3v) is 2.92. The van der Waals surface area contributed by atoms with Crippen LogP contribution in [0.2, 0.25) is 5.15 Å². The molecule has 11 heteroatoms. The second kappa shape index (κ2) is 9.50. The Labute approximate surface area is 144 Å². The smallest absolute Gasteiger partial charge is 0.413 e. The summed E-state index contributed by atoms with van der Waals surface area (Å²) in [7, 11) is 0. The van der Waals surface area contributed by atoms with Gasteiger partial charge in [0.05, 0.1) is 6.61 Å². The Morgan fingerprint density at radius 1 is 1.29 bits per heavy atom. The Balaban J connectivity index is 2.75. The highest BCUT2D eigenvalue weighted by molar-refractivity contribution is 6.32. The standard InChI is InChI=1S/C13H20ClN7O3/c1-3-5-6-17-10-8(14)18-7(9(15)19-10)11(22)20-12(16)21-13(23)24-4-2/h3-6H2,1-2H3,(H3,15,17,19)(H3,16,20,21,22,23). The minimum Gasteiger partial charge on any atom is -0.450 e. The van der Waals surface area contributed by atoms with Gasteiger partial charge in [-0.25, -0.2) is 14.8 Å². The number of carbonyl (C=O) groups excluding carboxylic acids is 2. The van der Waals surface area contributed by atoms with Gasteiger partial charge in [0.2, 0.25) is 5.96 Å². The van der Waals surface area contributed by atoms with Gasteiger partial charge in [-0.1, -0.05) is 24.9 Å². The number of rotatable bonds is 6. The van der Waals surface area contributed by atoms with Gasteiger partial charge in [-0.15, -0.1) is 0 Å². The average Bonchev–Trinajstić information content (AvgIpc) is 2.50. The van der Waals surface area contributed by atoms with Crippen LogP contribution >= 0.6 is 11.6 Å². The van der Waals surface area contributed by atoms with Crippen molar-refractivity contribution in [2.45, 2.75) is 26.7 Å². The van der Waals surface area contributed by atoms with Crippen LogP contribution in [0.3, 0.4) is 0 Å². The highest BCUT2D eigenvalue weighted by atomic mass is 35.5. The number of hydrogen-bond acceptors (Lipinski definition) is 8. The van der Waals surface area contributed by atoms with Crippen molar-refractivity contribution in [1.29, 1.82) is 5.41 Å². The first-order chi connectivity index (χ1) is 11.4. The van der Waals surface area contributed by atoms with E-state index in [-0.39, 0.29) is 29.1 Å². The summed E-state index contributed by atoms with van der Waals surface area (Å²) in [4.78, 5) is 31.1. The number of carbonyl (C=O) groups is 2. The summed E-state index contributed by atoms with van der Waals surface area (Å²) in [5.41, 5.74) is 5.45. The lowest BCUT2D eigenvalue weighted by Gasteiger charge is -2.11. The van der Waals surface area contributed by atoms with Crippen molar-refractivity contribution >= 4 is 41.2 Å². The van der Waals surface area contributed by atoms with Gasteiger partial charge in [-0.2, -0.15) is 0 Å². The minimum atomic E-state index is -0.865. The van der Waals surface area contributed by atoms with E-state index in [4.69, 9.17) is 22.7 Å². The highest BCUT2D eigenvalue weighted by Gasteiger charge is 2.18. The van der Waals surface area contributed by atoms with Crippen molar-refractivity contribution in [1.82, 2.24) is 20.6 Å². The van der Waals surface area contributed by atoms with Gasteiger partial charge in [0, 0.05) is 6.54 Å². The second-order valence-corrected chi connectivity index (χ2v) is 4.91. The zero-order valence-corrected chi connectivity index (χ0v) is 14.2. The molecule has 0 radical (unpaired) electrons. The number of ether oxygens (including phenoxy) is 1. The molecule has 0 spiro atoms. The minimum absolute atomic E-state index is 0.0182. The van der Waals surface area contributed by atoms with Crippen molar-refractivity contribution in [2.75, 3.05) is 24.2 Å². The summed E-state index contributed by atoms with van der Waals surface area (Å²) in [5.74, 6) is -1.29. The molecule has 0 aliphatic heterocycles. The molecule has 0 bridgehead atoms. The van der Waals surface area contributed by atoms with E-state index in [1.165, 1.54) is 0 Å². The summed E-state index contributed by atoms with van der Waals surface area (Å²) in [6.45, 7) is 4.42. The lowest BCUT2D eigenvalue weighted by atomic mass is 10.3. The third kappa shape index (κ3) is 5.88. The van der Waals surface area contributed by atoms with E-state index in [9.17, 15) is 9.59 Å². The van der Waals surface area contributed by atoms with Crippen LogP contribution < -0.4 is 21.7 Å². The van der Waals surface area contributed by atoms with E-state index in [0.717, 1.165) is 12.8 Å². The number of nitrogens with one attached hydrogen (secondary N) is 4. The Kier molecular flexibility index (Phi) is 7.69. The number of aromatic nitrogens is 2. The van der Waals surface area contributed by atoms with Crippen molar-refractivity contribution in [2.24, 2.45) is 0 Å². The molecule has 0 unspecified atom stereocenters. The fourth-order valence-electron chi connectivity index (χ4n) is 1.56. The van der Waals surface area contributed by atoms with E-state index in [1.807, 2.05) is 12.2 Å². The molecule has 0 aliphatic rings. The van der Waals surface area contributed by atoms with Crippen LogP contribution in [-0.4, -0.2) is 41.1 Å². The summed E-state index contributed by atoms with van der Waals surface area (Å²) in [5, 5.41) is 14.5. The van der Waals surface area contributed by atoms with Crippen molar-refractivity contribution in [3.05, 3.63) is 10.8 Å². The molecule has 6 N–H and O–H groups in total. The summed E-state index contributed by atoms with van der Waals surface area (Å²) in [6.07, 6.45) is 1.04. The number of amides is 2. The van der Waals surface area contributed by atoms with Crippen LogP contribution in [0.25, 0.3) is 0 Å². The maximum atomic E-state index is 12.0. The number of guanidine groups is 1. The summed E-state index contributed by atoms with van der Waals surface area (Å²) < 4.78 is 4.58. The molecule has 1 rings (SSSR count). The van der Waals surface area contributed by atoms with Gasteiger partial charge in [0.25, 0.3) is 5.91 Å². The van der Waals surface area contributed by atoms with Crippen LogP contribution in [0, 0.1) is 5.41 Å². The number of alkyl carbamates (subject to hydrolysis) is 1. The predicted molar refractivity (Wildman–Crippen MR) is 90.2 cm³/mol. The van der Waals surface area contributed by atoms with Crippen LogP contribution in [0.1, 0.15) is 37.2 Å². The molecule has 24 heavy (non-hydrogen) atoms. The van der Waals surface area contributed by atoms with E-state index in [1.54, 1.807) is 6.92 Å². The first kappa shape index (κ1) is 19.4. The largest absolute Gasteiger partial charge is 0.450 e. The van der Waals surface area contributed by atoms with Crippen LogP contribution in [0.5, 0.6) is 0 Å². The molecule has 1 aromatic heterocycles. The monoisotopic (exact) mass is 357 g/mol. The number of halogens is 1. The van der Waals surface area contributed by atoms with E-state index >= 15 is 0 Å². The lowest BCUT2D eigenvalue weighted by molar-refractivity contribution is 0.0971. The zero-order chi connectivity index (χ0) is 18.1. The predicted octanol–water partition coefficient (Wildman–Crippen LogP) is 1.33. The summed E-state index contributed by atoms with van der Waals surface area (Å²) >= 11 is 5.97. The maximum Gasteiger partial charge on any atom is 0.413 e. The Bertz CT molecular complexity index is 624. The van der Waals surface area contributed by atoms with E-state index < -0.39 is 18.0 Å². The molecule has 0 saturated heterocycles. The number of nitrogens with zero attached hydrogens (tertiary/aromatic N) is 2. The third-order valence-electron chi connectivity index (χ3n) is 2.66. The molecule has 2 amide bonds. The SMILES string of the molecule is CCCCNc1nc(N)c(C(=O)NC(=N)NC(=O)OCC)nc1Cl. The first-order valence-corrected chi connectivity index (χ1v) is 7.67. The zero-order valence-electron chi connectivity index (χ0n) is 13.4. The molecule has 10 nitrogen and oxygen atoms in total. The topological polar surface area (TPSA) is 155 Å². The molecule has 0 atom stereocenters. The van der Waals surface area contributed by atoms with E-state index in [2.05, 4.69) is 25.3 Å². The molecular formula is C13H20ClN7O3. The van der Waals surface area contributed by atoms with Gasteiger partial charge in [-0.3, -0.25) is 20.8 Å². The normalized spacial score (nSPS) is 9.96. The molecule has 0 fully saturated rings.